The van der Waals surface area contributed by atoms with E-state index in [2.05, 4.69) is 37.2 Å². The third-order valence-electron chi connectivity index (χ3n) is 3.35. The summed E-state index contributed by atoms with van der Waals surface area (Å²) in [6.45, 7) is 0. The molecule has 0 fully saturated rings. The van der Waals surface area contributed by atoms with Crippen molar-refractivity contribution in [2.45, 2.75) is 18.9 Å². The van der Waals surface area contributed by atoms with Crippen LogP contribution in [0.5, 0.6) is 0 Å². The van der Waals surface area contributed by atoms with E-state index in [4.69, 9.17) is 21.8 Å². The second-order valence-corrected chi connectivity index (χ2v) is 5.72. The number of nitrogens with zero attached hydrogens (tertiary/aromatic N) is 1. The van der Waals surface area contributed by atoms with Crippen molar-refractivity contribution < 1.29 is 19.8 Å². The molecule has 1 aliphatic rings. The molecule has 0 heterocycles. The van der Waals surface area contributed by atoms with Crippen LogP contribution in [-0.4, -0.2) is 47.2 Å². The molecule has 5 nitrogen and oxygen atoms in total. The first-order chi connectivity index (χ1) is 10.8. The molecule has 0 saturated heterocycles. The Morgan fingerprint density at radius 1 is 1.22 bits per heavy atom. The molecular weight excluding hydrogens is 318 g/mol. The Bertz CT molecular complexity index is 607. The highest BCUT2D eigenvalue weighted by Gasteiger charge is 2.12. The predicted octanol–water partition coefficient (Wildman–Crippen LogP) is 2.94. The van der Waals surface area contributed by atoms with Gasteiger partial charge in [0.25, 0.3) is 0 Å². The van der Waals surface area contributed by atoms with Gasteiger partial charge in [-0.1, -0.05) is 29.8 Å². The highest BCUT2D eigenvalue weighted by molar-refractivity contribution is 6.30. The van der Waals surface area contributed by atoms with E-state index in [1.165, 1.54) is 17.5 Å². The maximum Gasteiger partial charge on any atom is 0.328 e. The third-order valence-corrected chi connectivity index (χ3v) is 3.58. The molecule has 1 aliphatic carbocycles. The van der Waals surface area contributed by atoms with E-state index < -0.39 is 11.9 Å². The summed E-state index contributed by atoms with van der Waals surface area (Å²) in [6, 6.07) is 6.70. The Balaban J connectivity index is 0.000000284. The standard InChI is InChI=1S/C13H16ClN.C4H4O4/c1-15(2)13-7-4-10-3-6-12(14)9-11(10)5-8-13;5-3(6)1-2-4(7)8/h3,5-6,8-9,13H,4,7H2,1-2H3;1-2H,(H,5,6)(H,7,8)/b;2-1+. The molecule has 23 heavy (non-hydrogen) atoms. The number of halogens is 1. The molecule has 0 amide bonds. The van der Waals surface area contributed by atoms with Gasteiger partial charge in [0, 0.05) is 23.2 Å². The second-order valence-electron chi connectivity index (χ2n) is 5.28. The van der Waals surface area contributed by atoms with Crippen LogP contribution in [0.2, 0.25) is 5.02 Å². The Kier molecular flexibility index (Phi) is 7.51. The zero-order valence-corrected chi connectivity index (χ0v) is 13.8. The average molecular weight is 338 g/mol. The monoisotopic (exact) mass is 337 g/mol. The average Bonchev–Trinajstić information content (AvgIpc) is 2.68. The van der Waals surface area contributed by atoms with Crippen LogP contribution in [0.25, 0.3) is 6.08 Å². The molecule has 0 bridgehead atoms. The summed E-state index contributed by atoms with van der Waals surface area (Å²) in [6.07, 6.45) is 7.88. The van der Waals surface area contributed by atoms with Crippen molar-refractivity contribution >= 4 is 29.6 Å². The van der Waals surface area contributed by atoms with Gasteiger partial charge in [-0.2, -0.15) is 0 Å². The molecule has 0 saturated carbocycles. The van der Waals surface area contributed by atoms with Crippen LogP contribution >= 0.6 is 11.6 Å². The molecule has 2 rings (SSSR count). The number of aliphatic carboxylic acids is 2. The number of rotatable bonds is 3. The normalized spacial score (nSPS) is 16.4. The van der Waals surface area contributed by atoms with Crippen molar-refractivity contribution in [2.75, 3.05) is 14.1 Å². The van der Waals surface area contributed by atoms with Crippen molar-refractivity contribution in [3.8, 4) is 0 Å². The van der Waals surface area contributed by atoms with Crippen molar-refractivity contribution in [3.05, 3.63) is 52.6 Å². The molecule has 0 aliphatic heterocycles. The Hall–Kier alpha value is -2.11. The van der Waals surface area contributed by atoms with Gasteiger partial charge in [0.05, 0.1) is 0 Å². The summed E-state index contributed by atoms with van der Waals surface area (Å²) in [5.74, 6) is -2.51. The first-order valence-electron chi connectivity index (χ1n) is 7.06. The summed E-state index contributed by atoms with van der Waals surface area (Å²) < 4.78 is 0. The molecule has 1 atom stereocenters. The van der Waals surface area contributed by atoms with Crippen molar-refractivity contribution in [3.63, 3.8) is 0 Å². The maximum absolute atomic E-state index is 9.55. The minimum atomic E-state index is -1.26. The fourth-order valence-corrected chi connectivity index (χ4v) is 2.32. The van der Waals surface area contributed by atoms with Crippen LogP contribution in [0.3, 0.4) is 0 Å². The minimum Gasteiger partial charge on any atom is -0.478 e. The SMILES string of the molecule is CN(C)C1C=Cc2cc(Cl)ccc2CC1.O=C(O)/C=C/C(=O)O. The highest BCUT2D eigenvalue weighted by atomic mass is 35.5. The van der Waals surface area contributed by atoms with Crippen LogP contribution in [0.15, 0.2) is 36.4 Å². The lowest BCUT2D eigenvalue weighted by atomic mass is 10.0. The zero-order chi connectivity index (χ0) is 17.4. The summed E-state index contributed by atoms with van der Waals surface area (Å²) in [5, 5.41) is 16.4. The number of carboxylic acids is 2. The fraction of sp³-hybridized carbons (Fsp3) is 0.294. The first kappa shape index (κ1) is 18.9. The van der Waals surface area contributed by atoms with E-state index in [0.29, 0.717) is 18.2 Å². The van der Waals surface area contributed by atoms with E-state index in [0.717, 1.165) is 11.4 Å². The van der Waals surface area contributed by atoms with Gasteiger partial charge in [-0.25, -0.2) is 9.59 Å². The topological polar surface area (TPSA) is 77.8 Å². The van der Waals surface area contributed by atoms with Crippen LogP contribution < -0.4 is 0 Å². The quantitative estimate of drug-likeness (QED) is 0.829. The maximum atomic E-state index is 9.55. The number of carbonyl (C=O) groups is 2. The molecular formula is C17H20ClNO4. The lowest BCUT2D eigenvalue weighted by molar-refractivity contribution is -0.134. The summed E-state index contributed by atoms with van der Waals surface area (Å²) in [4.78, 5) is 21.4. The number of fused-ring (bicyclic) bond motifs is 1. The molecule has 6 heteroatoms. The Labute approximate surface area is 140 Å². The lowest BCUT2D eigenvalue weighted by Gasteiger charge is -2.19. The highest BCUT2D eigenvalue weighted by Crippen LogP contribution is 2.23. The smallest absolute Gasteiger partial charge is 0.328 e. The lowest BCUT2D eigenvalue weighted by Crippen LogP contribution is -2.25. The van der Waals surface area contributed by atoms with E-state index >= 15 is 0 Å². The van der Waals surface area contributed by atoms with Gasteiger partial charge in [-0.3, -0.25) is 0 Å². The van der Waals surface area contributed by atoms with E-state index in [-0.39, 0.29) is 0 Å². The molecule has 1 aromatic carbocycles. The zero-order valence-electron chi connectivity index (χ0n) is 13.1. The van der Waals surface area contributed by atoms with Gasteiger partial charge in [-0.15, -0.1) is 0 Å². The second kappa shape index (κ2) is 9.12. The van der Waals surface area contributed by atoms with Crippen molar-refractivity contribution in [1.82, 2.24) is 4.90 Å². The van der Waals surface area contributed by atoms with Gasteiger partial charge < -0.3 is 15.1 Å². The predicted molar refractivity (Wildman–Crippen MR) is 90.7 cm³/mol. The van der Waals surface area contributed by atoms with Crippen LogP contribution in [0.4, 0.5) is 0 Å². The summed E-state index contributed by atoms with van der Waals surface area (Å²) in [5.41, 5.74) is 2.67. The molecule has 0 aromatic heterocycles. The van der Waals surface area contributed by atoms with Gasteiger partial charge in [0.15, 0.2) is 0 Å². The molecule has 1 unspecified atom stereocenters. The van der Waals surface area contributed by atoms with Gasteiger partial charge in [0.2, 0.25) is 0 Å². The van der Waals surface area contributed by atoms with Crippen LogP contribution in [0.1, 0.15) is 17.5 Å². The molecule has 2 N–H and O–H groups in total. The summed E-state index contributed by atoms with van der Waals surface area (Å²) >= 11 is 5.98. The van der Waals surface area contributed by atoms with Gasteiger partial charge in [0.1, 0.15) is 0 Å². The van der Waals surface area contributed by atoms with E-state index in [1.54, 1.807) is 0 Å². The fourth-order valence-electron chi connectivity index (χ4n) is 2.14. The van der Waals surface area contributed by atoms with Crippen LogP contribution in [-0.2, 0) is 16.0 Å². The van der Waals surface area contributed by atoms with Crippen molar-refractivity contribution in [1.29, 1.82) is 0 Å². The molecule has 1 aromatic rings. The van der Waals surface area contributed by atoms with Crippen molar-refractivity contribution in [2.24, 2.45) is 0 Å². The molecule has 0 spiro atoms. The minimum absolute atomic E-state index is 0.538. The number of carboxylic acid groups (broad SMARTS) is 2. The van der Waals surface area contributed by atoms with Gasteiger partial charge >= 0.3 is 11.9 Å². The molecule has 0 radical (unpaired) electrons. The largest absolute Gasteiger partial charge is 0.478 e. The Morgan fingerprint density at radius 2 is 1.83 bits per heavy atom. The van der Waals surface area contributed by atoms with Gasteiger partial charge in [-0.05, 0) is 50.2 Å². The number of benzene rings is 1. The van der Waals surface area contributed by atoms with Crippen LogP contribution in [0, 0.1) is 0 Å². The number of aryl methyl sites for hydroxylation is 1. The third kappa shape index (κ3) is 7.13. The first-order valence-corrected chi connectivity index (χ1v) is 7.44. The molecule has 124 valence electrons. The van der Waals surface area contributed by atoms with E-state index in [9.17, 15) is 9.59 Å². The summed E-state index contributed by atoms with van der Waals surface area (Å²) in [7, 11) is 4.25. The number of hydrogen-bond donors (Lipinski definition) is 2. The Morgan fingerprint density at radius 3 is 2.35 bits per heavy atom. The van der Waals surface area contributed by atoms with E-state index in [1.807, 2.05) is 12.1 Å². The number of hydrogen-bond acceptors (Lipinski definition) is 3. The number of likely N-dealkylation sites (N-methyl/N-ethyl adjacent to an activating group) is 1.